The van der Waals surface area contributed by atoms with Crippen molar-refractivity contribution in [2.75, 3.05) is 71.1 Å². The number of ether oxygens (including phenoxy) is 7. The van der Waals surface area contributed by atoms with Gasteiger partial charge in [0.25, 0.3) is 5.66 Å². The molecule has 0 aliphatic rings. The van der Waals surface area contributed by atoms with Crippen LogP contribution in [0.4, 0.5) is 0 Å². The summed E-state index contributed by atoms with van der Waals surface area (Å²) >= 11 is 0. The van der Waals surface area contributed by atoms with Crippen molar-refractivity contribution in [3.05, 3.63) is 0 Å². The second-order valence-corrected chi connectivity index (χ2v) is 12.7. The molecule has 0 spiro atoms. The molecule has 0 radical (unpaired) electrons. The third kappa shape index (κ3) is 12.6. The molecular weight excluding hydrogens is 678 g/mol. The lowest BCUT2D eigenvalue weighted by atomic mass is 9.86. The van der Waals surface area contributed by atoms with E-state index in [1.54, 1.807) is 6.92 Å². The number of hydrogen-bond acceptors (Lipinski definition) is 19. The van der Waals surface area contributed by atoms with Gasteiger partial charge in [-0.3, -0.25) is 33.3 Å². The molecule has 270 valence electrons. The van der Waals surface area contributed by atoms with Gasteiger partial charge in [-0.15, -0.1) is 4.52 Å². The zero-order valence-electron chi connectivity index (χ0n) is 28.0. The fourth-order valence-electron chi connectivity index (χ4n) is 4.28. The van der Waals surface area contributed by atoms with Crippen molar-refractivity contribution >= 4 is 57.4 Å². The molecule has 0 aliphatic heterocycles. The average molecular weight is 722 g/mol. The molecule has 0 rings (SSSR count). The van der Waals surface area contributed by atoms with Gasteiger partial charge in [-0.05, 0) is 11.0 Å². The van der Waals surface area contributed by atoms with Crippen LogP contribution >= 0.6 is 15.6 Å². The quantitative estimate of drug-likeness (QED) is 0.109. The predicted octanol–water partition coefficient (Wildman–Crippen LogP) is 1.06. The van der Waals surface area contributed by atoms with Gasteiger partial charge in [0.05, 0.1) is 81.1 Å². The molecule has 0 fully saturated rings. The van der Waals surface area contributed by atoms with Gasteiger partial charge in [-0.2, -0.15) is 0 Å². The molecule has 7 unspecified atom stereocenters. The van der Waals surface area contributed by atoms with Crippen LogP contribution in [0.15, 0.2) is 0 Å². The SMILES string of the molecule is CCC(C(=O)OC)C(C(=O)OC)C(C(=O)OC)[P+](=O)OC.COC(=O)CC(C(=O)OC)C(C(=O)OC)C(C(=O)OC)P(=O)(OC)OC. The van der Waals surface area contributed by atoms with Crippen LogP contribution in [0.5, 0.6) is 0 Å². The van der Waals surface area contributed by atoms with E-state index in [0.717, 1.165) is 71.1 Å². The maximum atomic E-state index is 12.9. The van der Waals surface area contributed by atoms with E-state index in [0.29, 0.717) is 0 Å². The second kappa shape index (κ2) is 22.9. The first kappa shape index (κ1) is 45.6. The standard InChI is InChI=1S/C14H23O11P.C12H20O8P/c1-20-9(15)7-8(12(16)21-2)10(13(17)22-3)11(14(18)23-4)26(19,24-5)25-6;1-6-7(10(13)17-2)8(11(14)18-3)9(12(15)19-4)21(16)20-5/h8,10-11H,7H2,1-6H3;7-9H,6H2,1-5H3/q;+1. The van der Waals surface area contributed by atoms with E-state index in [-0.39, 0.29) is 6.42 Å². The van der Waals surface area contributed by atoms with Crippen LogP contribution in [0.25, 0.3) is 0 Å². The maximum absolute atomic E-state index is 12.9. The van der Waals surface area contributed by atoms with Crippen molar-refractivity contribution in [3.8, 4) is 0 Å². The van der Waals surface area contributed by atoms with Crippen molar-refractivity contribution in [3.63, 3.8) is 0 Å². The molecule has 0 aromatic rings. The summed E-state index contributed by atoms with van der Waals surface area (Å²) in [6, 6.07) is 0. The minimum absolute atomic E-state index is 0.187. The number of rotatable bonds is 18. The van der Waals surface area contributed by atoms with E-state index in [1.165, 1.54) is 0 Å². The third-order valence-corrected chi connectivity index (χ3v) is 10.3. The Bertz CT molecular complexity index is 1130. The van der Waals surface area contributed by atoms with Crippen molar-refractivity contribution in [2.24, 2.45) is 23.7 Å². The monoisotopic (exact) mass is 721 g/mol. The van der Waals surface area contributed by atoms with E-state index in [9.17, 15) is 42.7 Å². The van der Waals surface area contributed by atoms with Gasteiger partial charge in [0, 0.05) is 14.2 Å². The molecule has 0 aliphatic carbocycles. The van der Waals surface area contributed by atoms with Gasteiger partial charge in [0.2, 0.25) is 0 Å². The van der Waals surface area contributed by atoms with E-state index < -0.39 is 98.8 Å². The van der Waals surface area contributed by atoms with Crippen molar-refractivity contribution in [2.45, 2.75) is 31.1 Å². The predicted molar refractivity (Wildman–Crippen MR) is 157 cm³/mol. The fourth-order valence-corrected chi connectivity index (χ4v) is 7.07. The second-order valence-electron chi connectivity index (χ2n) is 8.85. The number of hydrogen-bond donors (Lipinski definition) is 0. The highest BCUT2D eigenvalue weighted by atomic mass is 31.2. The lowest BCUT2D eigenvalue weighted by Crippen LogP contribution is -2.45. The Kier molecular flexibility index (Phi) is 22.3. The summed E-state index contributed by atoms with van der Waals surface area (Å²) in [6.45, 7) is 1.63. The number of esters is 7. The lowest BCUT2D eigenvalue weighted by Gasteiger charge is -2.31. The molecule has 0 aromatic heterocycles. The molecule has 21 heteroatoms. The van der Waals surface area contributed by atoms with Gasteiger partial charge >= 0.3 is 57.4 Å². The molecule has 7 atom stereocenters. The largest absolute Gasteiger partial charge is 0.524 e. The topological polar surface area (TPSA) is 246 Å². The Morgan fingerprint density at radius 1 is 0.553 bits per heavy atom. The molecule has 0 saturated heterocycles. The fraction of sp³-hybridized carbons (Fsp3) is 0.731. The molecular formula is C26H43O19P2+. The van der Waals surface area contributed by atoms with E-state index in [1.807, 2.05) is 0 Å². The van der Waals surface area contributed by atoms with Crippen molar-refractivity contribution < 1.29 is 89.4 Å². The van der Waals surface area contributed by atoms with Crippen LogP contribution < -0.4 is 0 Å². The van der Waals surface area contributed by atoms with Crippen LogP contribution in [0, 0.1) is 23.7 Å². The van der Waals surface area contributed by atoms with Gasteiger partial charge in [-0.1, -0.05) is 6.92 Å². The number of carbonyl (C=O) groups excluding carboxylic acids is 7. The Morgan fingerprint density at radius 3 is 1.30 bits per heavy atom. The summed E-state index contributed by atoms with van der Waals surface area (Å²) in [5, 5.41) is 0. The smallest absolute Gasteiger partial charge is 0.469 e. The average Bonchev–Trinajstić information content (AvgIpc) is 3.10. The Labute approximate surface area is 272 Å². The van der Waals surface area contributed by atoms with E-state index in [4.69, 9.17) is 9.05 Å². The maximum Gasteiger partial charge on any atom is 0.524 e. The van der Waals surface area contributed by atoms with Crippen LogP contribution in [0.1, 0.15) is 19.8 Å². The Morgan fingerprint density at radius 2 is 0.957 bits per heavy atom. The van der Waals surface area contributed by atoms with Gasteiger partial charge in [-0.25, -0.2) is 4.79 Å². The van der Waals surface area contributed by atoms with Gasteiger partial charge in [0.15, 0.2) is 5.66 Å². The summed E-state index contributed by atoms with van der Waals surface area (Å²) < 4.78 is 71.2. The van der Waals surface area contributed by atoms with E-state index in [2.05, 4.69) is 37.7 Å². The molecule has 0 bridgehead atoms. The molecule has 0 amide bonds. The summed E-state index contributed by atoms with van der Waals surface area (Å²) in [7, 11) is 3.65. The molecule has 19 nitrogen and oxygen atoms in total. The number of methoxy groups -OCH3 is 7. The minimum Gasteiger partial charge on any atom is -0.469 e. The summed E-state index contributed by atoms with van der Waals surface area (Å²) in [4.78, 5) is 84.2. The lowest BCUT2D eigenvalue weighted by molar-refractivity contribution is -0.164. The Hall–Kier alpha value is -3.50. The highest BCUT2D eigenvalue weighted by Gasteiger charge is 2.56. The minimum atomic E-state index is -4.28. The molecule has 47 heavy (non-hydrogen) atoms. The summed E-state index contributed by atoms with van der Waals surface area (Å²) in [5.74, 6) is -12.3. The number of carbonyl (C=O) groups is 7. The molecule has 0 N–H and O–H groups in total. The molecule has 0 aromatic carbocycles. The van der Waals surface area contributed by atoms with Crippen molar-refractivity contribution in [1.29, 1.82) is 0 Å². The van der Waals surface area contributed by atoms with Crippen molar-refractivity contribution in [1.82, 2.24) is 0 Å². The normalized spacial score (nSPS) is 14.9. The van der Waals surface area contributed by atoms with Crippen LogP contribution in [-0.2, 0) is 89.4 Å². The zero-order valence-corrected chi connectivity index (χ0v) is 29.8. The summed E-state index contributed by atoms with van der Waals surface area (Å²) in [6.07, 6.45) is -0.462. The van der Waals surface area contributed by atoms with Crippen LogP contribution in [0.3, 0.4) is 0 Å². The van der Waals surface area contributed by atoms with Crippen LogP contribution in [0.2, 0.25) is 0 Å². The third-order valence-electron chi connectivity index (χ3n) is 6.70. The van der Waals surface area contributed by atoms with Crippen LogP contribution in [-0.4, -0.2) is 124 Å². The summed E-state index contributed by atoms with van der Waals surface area (Å²) in [5.41, 5.74) is -3.34. The highest BCUT2D eigenvalue weighted by molar-refractivity contribution is 7.55. The van der Waals surface area contributed by atoms with Gasteiger partial charge in [0.1, 0.15) is 5.92 Å². The first-order valence-electron chi connectivity index (χ1n) is 13.3. The van der Waals surface area contributed by atoms with Gasteiger partial charge < -0.3 is 42.2 Å². The first-order valence-corrected chi connectivity index (χ1v) is 16.2. The first-order chi connectivity index (χ1) is 22.1. The zero-order chi connectivity index (χ0) is 37.1. The molecule has 0 saturated carbocycles. The Balaban J connectivity index is 0. The highest BCUT2D eigenvalue weighted by Crippen LogP contribution is 2.56. The molecule has 0 heterocycles. The van der Waals surface area contributed by atoms with E-state index >= 15 is 0 Å².